The van der Waals surface area contributed by atoms with Crippen molar-refractivity contribution >= 4 is 0 Å². The fourth-order valence-corrected chi connectivity index (χ4v) is 6.08. The average molecular weight is 576 g/mol. The molecule has 1 aliphatic heterocycles. The summed E-state index contributed by atoms with van der Waals surface area (Å²) in [4.78, 5) is 2.23. The highest BCUT2D eigenvalue weighted by Crippen LogP contribution is 2.35. The van der Waals surface area contributed by atoms with Crippen LogP contribution in [0.15, 0.2) is 24.3 Å². The summed E-state index contributed by atoms with van der Waals surface area (Å²) in [6.45, 7) is 6.29. The molecule has 0 unspecified atom stereocenters. The third-order valence-electron chi connectivity index (χ3n) is 8.62. The Hall–Kier alpha value is -0.640. The fraction of sp³-hybridized carbons (Fsp3) is 0.895. The monoisotopic (exact) mass is 576 g/mol. The number of allylic oxidation sites excluding steroid dienone is 4. The Bertz CT molecular complexity index is 561. The standard InChI is InChI=1S/C38H73NO2/c1-5-7-9-11-13-15-17-19-21-23-25-27-29-31-33-38(40-36-37(41-38)35-39(3)4)34-32-30-28-26-24-22-20-18-16-14-12-10-8-6-2/h17-20,37H,5-16,21-36H2,1-4H3/b19-17-,20-18-/t37-/m1/s1. The van der Waals surface area contributed by atoms with E-state index in [9.17, 15) is 0 Å². The van der Waals surface area contributed by atoms with Crippen molar-refractivity contribution in [2.24, 2.45) is 0 Å². The number of rotatable bonds is 30. The summed E-state index contributed by atoms with van der Waals surface area (Å²) >= 11 is 0. The van der Waals surface area contributed by atoms with Crippen molar-refractivity contribution in [1.29, 1.82) is 0 Å². The van der Waals surface area contributed by atoms with Gasteiger partial charge in [-0.2, -0.15) is 0 Å². The van der Waals surface area contributed by atoms with Crippen LogP contribution in [0.4, 0.5) is 0 Å². The number of hydrogen-bond donors (Lipinski definition) is 0. The number of likely N-dealkylation sites (N-methyl/N-ethyl adjacent to an activating group) is 1. The number of unbranched alkanes of at least 4 members (excludes halogenated alkanes) is 20. The van der Waals surface area contributed by atoms with Crippen LogP contribution in [0.25, 0.3) is 0 Å². The van der Waals surface area contributed by atoms with Crippen LogP contribution in [-0.4, -0.2) is 44.0 Å². The molecule has 0 aromatic rings. The molecular weight excluding hydrogens is 502 g/mol. The van der Waals surface area contributed by atoms with E-state index in [4.69, 9.17) is 9.47 Å². The zero-order chi connectivity index (χ0) is 29.7. The zero-order valence-corrected chi connectivity index (χ0v) is 28.4. The molecule has 3 nitrogen and oxygen atoms in total. The van der Waals surface area contributed by atoms with Crippen LogP contribution >= 0.6 is 0 Å². The summed E-state index contributed by atoms with van der Waals surface area (Å²) in [7, 11) is 4.27. The van der Waals surface area contributed by atoms with Gasteiger partial charge < -0.3 is 14.4 Å². The van der Waals surface area contributed by atoms with E-state index < -0.39 is 0 Å². The number of nitrogens with zero attached hydrogens (tertiary/aromatic N) is 1. The molecule has 0 amide bonds. The van der Waals surface area contributed by atoms with E-state index >= 15 is 0 Å². The first-order chi connectivity index (χ1) is 20.1. The van der Waals surface area contributed by atoms with Crippen molar-refractivity contribution in [3.05, 3.63) is 24.3 Å². The second-order valence-electron chi connectivity index (χ2n) is 13.2. The molecule has 41 heavy (non-hydrogen) atoms. The smallest absolute Gasteiger partial charge is 0.168 e. The first kappa shape index (κ1) is 38.4. The van der Waals surface area contributed by atoms with Crippen LogP contribution in [-0.2, 0) is 9.47 Å². The molecule has 1 saturated heterocycles. The molecule has 0 radical (unpaired) electrons. The summed E-state index contributed by atoms with van der Waals surface area (Å²) < 4.78 is 13.0. The highest BCUT2D eigenvalue weighted by Gasteiger charge is 2.40. The minimum absolute atomic E-state index is 0.224. The van der Waals surface area contributed by atoms with Crippen molar-refractivity contribution in [1.82, 2.24) is 4.90 Å². The van der Waals surface area contributed by atoms with E-state index in [0.717, 1.165) is 26.0 Å². The molecule has 1 aliphatic rings. The lowest BCUT2D eigenvalue weighted by atomic mass is 9.99. The quantitative estimate of drug-likeness (QED) is 0.0628. The second-order valence-corrected chi connectivity index (χ2v) is 13.2. The van der Waals surface area contributed by atoms with Crippen molar-refractivity contribution < 1.29 is 9.47 Å². The van der Waals surface area contributed by atoms with Crippen LogP contribution in [0, 0.1) is 0 Å². The molecule has 242 valence electrons. The SMILES string of the molecule is CCCCCCC/C=C\CCCCCCCC1(CCCCCCC/C=C\CCCCCCC)OC[C@@H](CN(C)C)O1. The molecule has 1 fully saturated rings. The predicted octanol–water partition coefficient (Wildman–Crippen LogP) is 12.0. The maximum absolute atomic E-state index is 6.60. The summed E-state index contributed by atoms with van der Waals surface area (Å²) in [5, 5.41) is 0. The average Bonchev–Trinajstić information content (AvgIpc) is 3.35. The van der Waals surface area contributed by atoms with E-state index in [1.165, 1.54) is 154 Å². The summed E-state index contributed by atoms with van der Waals surface area (Å²) in [5.74, 6) is -0.319. The highest BCUT2D eigenvalue weighted by molar-refractivity contribution is 4.83. The zero-order valence-electron chi connectivity index (χ0n) is 28.4. The van der Waals surface area contributed by atoms with E-state index in [0.29, 0.717) is 0 Å². The van der Waals surface area contributed by atoms with E-state index in [2.05, 4.69) is 57.1 Å². The van der Waals surface area contributed by atoms with Crippen LogP contribution in [0.3, 0.4) is 0 Å². The van der Waals surface area contributed by atoms with Gasteiger partial charge in [-0.25, -0.2) is 0 Å². The molecule has 0 aliphatic carbocycles. The van der Waals surface area contributed by atoms with Gasteiger partial charge in [-0.05, 0) is 78.3 Å². The maximum atomic E-state index is 6.60. The maximum Gasteiger partial charge on any atom is 0.168 e. The Kier molecular flexibility index (Phi) is 26.4. The van der Waals surface area contributed by atoms with Gasteiger partial charge in [0.25, 0.3) is 0 Å². The topological polar surface area (TPSA) is 21.7 Å². The van der Waals surface area contributed by atoms with Gasteiger partial charge in [-0.15, -0.1) is 0 Å². The first-order valence-corrected chi connectivity index (χ1v) is 18.4. The van der Waals surface area contributed by atoms with Gasteiger partial charge in [-0.3, -0.25) is 0 Å². The minimum Gasteiger partial charge on any atom is -0.347 e. The van der Waals surface area contributed by atoms with E-state index in [1.807, 2.05) is 0 Å². The van der Waals surface area contributed by atoms with Crippen LogP contribution in [0.1, 0.15) is 181 Å². The van der Waals surface area contributed by atoms with Gasteiger partial charge >= 0.3 is 0 Å². The highest BCUT2D eigenvalue weighted by atomic mass is 16.7. The summed E-state index contributed by atoms with van der Waals surface area (Å²) in [5.41, 5.74) is 0. The van der Waals surface area contributed by atoms with Crippen LogP contribution < -0.4 is 0 Å². The molecule has 1 atom stereocenters. The molecule has 0 bridgehead atoms. The third-order valence-corrected chi connectivity index (χ3v) is 8.62. The Balaban J connectivity index is 2.14. The van der Waals surface area contributed by atoms with Gasteiger partial charge in [0, 0.05) is 19.4 Å². The van der Waals surface area contributed by atoms with Gasteiger partial charge in [0.05, 0.1) is 12.7 Å². The normalized spacial score (nSPS) is 17.1. The Morgan fingerprint density at radius 1 is 0.537 bits per heavy atom. The van der Waals surface area contributed by atoms with Crippen molar-refractivity contribution in [3.63, 3.8) is 0 Å². The number of ether oxygens (including phenoxy) is 2. The molecule has 0 spiro atoms. The molecular formula is C38H73NO2. The molecule has 0 aromatic carbocycles. The van der Waals surface area contributed by atoms with E-state index in [1.54, 1.807) is 0 Å². The Labute approximate surface area is 258 Å². The van der Waals surface area contributed by atoms with Crippen LogP contribution in [0.2, 0.25) is 0 Å². The van der Waals surface area contributed by atoms with E-state index in [-0.39, 0.29) is 11.9 Å². The largest absolute Gasteiger partial charge is 0.347 e. The Morgan fingerprint density at radius 3 is 1.29 bits per heavy atom. The van der Waals surface area contributed by atoms with Crippen molar-refractivity contribution in [3.8, 4) is 0 Å². The van der Waals surface area contributed by atoms with Crippen molar-refractivity contribution in [2.45, 2.75) is 193 Å². The molecule has 3 heteroatoms. The van der Waals surface area contributed by atoms with Gasteiger partial charge in [0.2, 0.25) is 0 Å². The summed E-state index contributed by atoms with van der Waals surface area (Å²) in [6.07, 6.45) is 44.1. The molecule has 1 heterocycles. The molecule has 0 saturated carbocycles. The lowest BCUT2D eigenvalue weighted by molar-refractivity contribution is -0.180. The third kappa shape index (κ3) is 23.5. The van der Waals surface area contributed by atoms with Gasteiger partial charge in [-0.1, -0.05) is 128 Å². The van der Waals surface area contributed by atoms with Crippen LogP contribution in [0.5, 0.6) is 0 Å². The lowest BCUT2D eigenvalue weighted by Crippen LogP contribution is -2.33. The summed E-state index contributed by atoms with van der Waals surface area (Å²) in [6, 6.07) is 0. The first-order valence-electron chi connectivity index (χ1n) is 18.4. The predicted molar refractivity (Wildman–Crippen MR) is 182 cm³/mol. The fourth-order valence-electron chi connectivity index (χ4n) is 6.08. The second kappa shape index (κ2) is 28.1. The molecule has 0 N–H and O–H groups in total. The van der Waals surface area contributed by atoms with Crippen molar-refractivity contribution in [2.75, 3.05) is 27.2 Å². The Morgan fingerprint density at radius 2 is 0.902 bits per heavy atom. The molecule has 0 aromatic heterocycles. The van der Waals surface area contributed by atoms with Gasteiger partial charge in [0.1, 0.15) is 0 Å². The van der Waals surface area contributed by atoms with Gasteiger partial charge in [0.15, 0.2) is 5.79 Å². The molecule has 1 rings (SSSR count). The minimum atomic E-state index is -0.319. The number of hydrogen-bond acceptors (Lipinski definition) is 3. The lowest BCUT2D eigenvalue weighted by Gasteiger charge is -2.29.